The number of nitrogens with zero attached hydrogens (tertiary/aromatic N) is 1. The van der Waals surface area contributed by atoms with E-state index in [0.717, 1.165) is 0 Å². The molecule has 0 aliphatic carbocycles. The molecule has 0 saturated heterocycles. The summed E-state index contributed by atoms with van der Waals surface area (Å²) in [5.74, 6) is 0.947. The van der Waals surface area contributed by atoms with Crippen molar-refractivity contribution in [1.29, 1.82) is 0 Å². The summed E-state index contributed by atoms with van der Waals surface area (Å²) in [6, 6.07) is 14.3. The van der Waals surface area contributed by atoms with E-state index >= 15 is 0 Å². The summed E-state index contributed by atoms with van der Waals surface area (Å²) in [4.78, 5) is 12.5. The Bertz CT molecular complexity index is 1250. The van der Waals surface area contributed by atoms with Crippen LogP contribution < -0.4 is 14.8 Å². The van der Waals surface area contributed by atoms with E-state index < -0.39 is 17.8 Å². The van der Waals surface area contributed by atoms with Crippen LogP contribution in [-0.4, -0.2) is 41.6 Å². The second-order valence-corrected chi connectivity index (χ2v) is 8.04. The summed E-state index contributed by atoms with van der Waals surface area (Å²) in [7, 11) is 3.09. The number of carbonyl (C=O) groups is 1. The van der Waals surface area contributed by atoms with E-state index in [0.29, 0.717) is 33.9 Å². The zero-order valence-electron chi connectivity index (χ0n) is 18.6. The molecule has 0 radical (unpaired) electrons. The monoisotopic (exact) mass is 464 g/mol. The Morgan fingerprint density at radius 2 is 1.79 bits per heavy atom. The van der Waals surface area contributed by atoms with Crippen molar-refractivity contribution in [2.45, 2.75) is 18.3 Å². The molecule has 2 aliphatic rings. The molecule has 2 unspecified atom stereocenters. The van der Waals surface area contributed by atoms with Gasteiger partial charge in [-0.05, 0) is 35.9 Å². The number of rotatable bonds is 7. The SMILES string of the molecule is COc1cc(COC(=O)NCC23C=CC(O2)c2c3c(O)n(-c3ccccc3)c2O)cc(OC)c1. The van der Waals surface area contributed by atoms with Gasteiger partial charge in [-0.25, -0.2) is 4.79 Å². The van der Waals surface area contributed by atoms with Gasteiger partial charge in [-0.15, -0.1) is 0 Å². The van der Waals surface area contributed by atoms with Crippen LogP contribution in [0.1, 0.15) is 22.8 Å². The second kappa shape index (κ2) is 8.35. The molecule has 1 aromatic heterocycles. The Morgan fingerprint density at radius 3 is 2.47 bits per heavy atom. The maximum absolute atomic E-state index is 12.5. The Labute approximate surface area is 195 Å². The fourth-order valence-corrected chi connectivity index (χ4v) is 4.46. The van der Waals surface area contributed by atoms with E-state index in [-0.39, 0.29) is 24.9 Å². The van der Waals surface area contributed by atoms with Crippen LogP contribution in [-0.2, 0) is 21.7 Å². The van der Waals surface area contributed by atoms with Crippen molar-refractivity contribution in [3.63, 3.8) is 0 Å². The molecule has 2 aliphatic heterocycles. The van der Waals surface area contributed by atoms with Crippen molar-refractivity contribution in [1.82, 2.24) is 9.88 Å². The minimum atomic E-state index is -1.11. The summed E-state index contributed by atoms with van der Waals surface area (Å²) in [5, 5.41) is 24.6. The summed E-state index contributed by atoms with van der Waals surface area (Å²) >= 11 is 0. The minimum absolute atomic E-state index is 0.00733. The van der Waals surface area contributed by atoms with E-state index in [1.165, 1.54) is 4.57 Å². The maximum Gasteiger partial charge on any atom is 0.407 e. The van der Waals surface area contributed by atoms with Gasteiger partial charge in [-0.2, -0.15) is 0 Å². The number of carbonyl (C=O) groups excluding carboxylic acids is 1. The Kier molecular flexibility index (Phi) is 5.33. The largest absolute Gasteiger partial charge is 0.497 e. The minimum Gasteiger partial charge on any atom is -0.497 e. The molecule has 0 saturated carbocycles. The lowest BCUT2D eigenvalue weighted by Gasteiger charge is -2.24. The van der Waals surface area contributed by atoms with Gasteiger partial charge in [-0.1, -0.05) is 24.3 Å². The van der Waals surface area contributed by atoms with Gasteiger partial charge in [0.15, 0.2) is 0 Å². The van der Waals surface area contributed by atoms with E-state index in [2.05, 4.69) is 5.32 Å². The van der Waals surface area contributed by atoms with Crippen LogP contribution in [0.4, 0.5) is 4.79 Å². The van der Waals surface area contributed by atoms with Crippen LogP contribution in [0.2, 0.25) is 0 Å². The highest BCUT2D eigenvalue weighted by Gasteiger charge is 2.53. The molecule has 9 heteroatoms. The third-order valence-electron chi connectivity index (χ3n) is 6.03. The van der Waals surface area contributed by atoms with Crippen molar-refractivity contribution in [3.8, 4) is 28.9 Å². The average molecular weight is 464 g/mol. The van der Waals surface area contributed by atoms with Crippen molar-refractivity contribution >= 4 is 6.09 Å². The molecular weight excluding hydrogens is 440 g/mol. The number of para-hydroxylation sites is 1. The molecule has 0 fully saturated rings. The predicted octanol–water partition coefficient (Wildman–Crippen LogP) is 3.67. The number of alkyl carbamates (subject to hydrolysis) is 1. The first-order valence-corrected chi connectivity index (χ1v) is 10.7. The Hall–Kier alpha value is -4.11. The number of benzene rings is 2. The van der Waals surface area contributed by atoms with E-state index in [1.807, 2.05) is 18.2 Å². The molecule has 2 bridgehead atoms. The van der Waals surface area contributed by atoms with E-state index in [1.54, 1.807) is 56.7 Å². The molecule has 9 nitrogen and oxygen atoms in total. The van der Waals surface area contributed by atoms with Gasteiger partial charge in [0, 0.05) is 6.07 Å². The van der Waals surface area contributed by atoms with Crippen molar-refractivity contribution in [2.24, 2.45) is 0 Å². The molecule has 1 amide bonds. The molecule has 2 aromatic carbocycles. The molecule has 3 heterocycles. The summed E-state index contributed by atoms with van der Waals surface area (Å²) < 4.78 is 23.2. The molecule has 0 spiro atoms. The number of hydrogen-bond donors (Lipinski definition) is 3. The number of aromatic nitrogens is 1. The lowest BCUT2D eigenvalue weighted by atomic mass is 9.89. The van der Waals surface area contributed by atoms with Gasteiger partial charge in [0.1, 0.15) is 29.8 Å². The second-order valence-electron chi connectivity index (χ2n) is 8.04. The Balaban J connectivity index is 1.31. The topological polar surface area (TPSA) is 111 Å². The first kappa shape index (κ1) is 21.7. The lowest BCUT2D eigenvalue weighted by molar-refractivity contribution is -0.00482. The highest BCUT2D eigenvalue weighted by atomic mass is 16.6. The molecule has 176 valence electrons. The maximum atomic E-state index is 12.5. The zero-order chi connectivity index (χ0) is 23.9. The van der Waals surface area contributed by atoms with Gasteiger partial charge >= 0.3 is 6.09 Å². The summed E-state index contributed by atoms with van der Waals surface area (Å²) in [6.45, 7) is 0.0203. The normalized spacial score (nSPS) is 19.6. The number of aromatic hydroxyl groups is 2. The summed E-state index contributed by atoms with van der Waals surface area (Å²) in [5.41, 5.74) is 1.12. The standard InChI is InChI=1S/C25H24N2O7/c1-31-17-10-15(11-18(12-17)32-2)13-33-24(30)26-14-25-9-8-19(34-25)20-21(25)23(29)27(22(20)28)16-6-4-3-5-7-16/h3-12,19,28-29H,13-14H2,1-2H3,(H,26,30). The van der Waals surface area contributed by atoms with Crippen LogP contribution >= 0.6 is 0 Å². The number of hydrogen-bond acceptors (Lipinski definition) is 7. The average Bonchev–Trinajstić information content (AvgIpc) is 3.51. The number of methoxy groups -OCH3 is 2. The predicted molar refractivity (Wildman–Crippen MR) is 121 cm³/mol. The fourth-order valence-electron chi connectivity index (χ4n) is 4.46. The van der Waals surface area contributed by atoms with Gasteiger partial charge in [0.05, 0.1) is 37.6 Å². The molecular formula is C25H24N2O7. The van der Waals surface area contributed by atoms with Crippen molar-refractivity contribution in [2.75, 3.05) is 20.8 Å². The molecule has 5 rings (SSSR count). The number of amides is 1. The third kappa shape index (κ3) is 3.50. The number of fused-ring (bicyclic) bond motifs is 5. The third-order valence-corrected chi connectivity index (χ3v) is 6.03. The smallest absolute Gasteiger partial charge is 0.407 e. The zero-order valence-corrected chi connectivity index (χ0v) is 18.6. The number of nitrogens with one attached hydrogen (secondary N) is 1. The van der Waals surface area contributed by atoms with Crippen molar-refractivity contribution < 1.29 is 34.0 Å². The van der Waals surface area contributed by atoms with E-state index in [9.17, 15) is 15.0 Å². The van der Waals surface area contributed by atoms with Crippen molar-refractivity contribution in [3.05, 3.63) is 77.4 Å². The quantitative estimate of drug-likeness (QED) is 0.458. The number of ether oxygens (including phenoxy) is 4. The van der Waals surface area contributed by atoms with Gasteiger partial charge in [-0.3, -0.25) is 4.57 Å². The molecule has 2 atom stereocenters. The lowest BCUT2D eigenvalue weighted by Crippen LogP contribution is -2.38. The molecule has 3 N–H and O–H groups in total. The molecule has 34 heavy (non-hydrogen) atoms. The first-order chi connectivity index (χ1) is 16.5. The molecule has 3 aromatic rings. The van der Waals surface area contributed by atoms with Crippen LogP contribution in [0, 0.1) is 0 Å². The summed E-state index contributed by atoms with van der Waals surface area (Å²) in [6.07, 6.45) is 2.40. The van der Waals surface area contributed by atoms with Crippen LogP contribution in [0.25, 0.3) is 5.69 Å². The van der Waals surface area contributed by atoms with E-state index in [4.69, 9.17) is 18.9 Å². The van der Waals surface area contributed by atoms with Gasteiger partial charge in [0.2, 0.25) is 11.8 Å². The highest BCUT2D eigenvalue weighted by molar-refractivity contribution is 5.68. The van der Waals surface area contributed by atoms with Crippen LogP contribution in [0.15, 0.2) is 60.7 Å². The van der Waals surface area contributed by atoms with Gasteiger partial charge in [0.25, 0.3) is 0 Å². The van der Waals surface area contributed by atoms with Crippen LogP contribution in [0.5, 0.6) is 23.3 Å². The highest BCUT2D eigenvalue weighted by Crippen LogP contribution is 2.58. The van der Waals surface area contributed by atoms with Gasteiger partial charge < -0.3 is 34.5 Å². The first-order valence-electron chi connectivity index (χ1n) is 10.7. The Morgan fingerprint density at radius 1 is 1.09 bits per heavy atom. The fraction of sp³-hybridized carbons (Fsp3) is 0.240. The van der Waals surface area contributed by atoms with Crippen LogP contribution in [0.3, 0.4) is 0 Å².